The van der Waals surface area contributed by atoms with Crippen LogP contribution in [0.25, 0.3) is 0 Å². The molecule has 5 nitrogen and oxygen atoms in total. The summed E-state index contributed by atoms with van der Waals surface area (Å²) in [5.74, 6) is -1.18. The van der Waals surface area contributed by atoms with E-state index in [1.165, 1.54) is 12.1 Å². The molecule has 1 unspecified atom stereocenters. The van der Waals surface area contributed by atoms with Crippen LogP contribution in [-0.2, 0) is 10.3 Å². The standard InChI is InChI=1S/C16H24O5/c1-15(2,20)8-5-9-16(3,21-4)12-7-6-11(14(18)19)10-13(12)17/h6-7,10,17,20H,5,8-9H2,1-4H3,(H,18,19). The summed E-state index contributed by atoms with van der Waals surface area (Å²) in [4.78, 5) is 10.9. The highest BCUT2D eigenvalue weighted by Gasteiger charge is 2.30. The van der Waals surface area contributed by atoms with E-state index < -0.39 is 17.2 Å². The number of hydrogen-bond donors (Lipinski definition) is 3. The molecule has 118 valence electrons. The Kier molecular flexibility index (Phi) is 5.36. The van der Waals surface area contributed by atoms with Gasteiger partial charge in [0.15, 0.2) is 0 Å². The first-order valence-corrected chi connectivity index (χ1v) is 6.93. The average molecular weight is 296 g/mol. The summed E-state index contributed by atoms with van der Waals surface area (Å²) in [5.41, 5.74) is -0.895. The fourth-order valence-electron chi connectivity index (χ4n) is 2.32. The number of aliphatic hydroxyl groups is 1. The zero-order valence-corrected chi connectivity index (χ0v) is 13.0. The minimum atomic E-state index is -1.09. The molecule has 0 aromatic heterocycles. The van der Waals surface area contributed by atoms with Crippen LogP contribution in [0.2, 0.25) is 0 Å². The van der Waals surface area contributed by atoms with Crippen molar-refractivity contribution >= 4 is 5.97 Å². The van der Waals surface area contributed by atoms with Crippen LogP contribution in [0, 0.1) is 0 Å². The number of phenols is 1. The fraction of sp³-hybridized carbons (Fsp3) is 0.562. The summed E-state index contributed by atoms with van der Waals surface area (Å²) in [5, 5.41) is 28.7. The van der Waals surface area contributed by atoms with Crippen LogP contribution in [0.5, 0.6) is 5.75 Å². The number of carbonyl (C=O) groups is 1. The highest BCUT2D eigenvalue weighted by atomic mass is 16.5. The van der Waals surface area contributed by atoms with Crippen LogP contribution in [0.15, 0.2) is 18.2 Å². The Morgan fingerprint density at radius 1 is 1.24 bits per heavy atom. The van der Waals surface area contributed by atoms with Gasteiger partial charge in [0.2, 0.25) is 0 Å². The van der Waals surface area contributed by atoms with Gasteiger partial charge in [-0.2, -0.15) is 0 Å². The van der Waals surface area contributed by atoms with E-state index in [1.807, 2.05) is 6.92 Å². The summed E-state index contributed by atoms with van der Waals surface area (Å²) < 4.78 is 5.53. The van der Waals surface area contributed by atoms with Crippen LogP contribution in [0.4, 0.5) is 0 Å². The Balaban J connectivity index is 2.95. The van der Waals surface area contributed by atoms with Crippen molar-refractivity contribution in [3.05, 3.63) is 29.3 Å². The van der Waals surface area contributed by atoms with Gasteiger partial charge in [-0.1, -0.05) is 6.07 Å². The maximum Gasteiger partial charge on any atom is 0.335 e. The van der Waals surface area contributed by atoms with Crippen molar-refractivity contribution in [3.63, 3.8) is 0 Å². The van der Waals surface area contributed by atoms with E-state index >= 15 is 0 Å². The van der Waals surface area contributed by atoms with E-state index in [0.717, 1.165) is 0 Å². The number of aromatic hydroxyl groups is 1. The van der Waals surface area contributed by atoms with Crippen LogP contribution in [0.1, 0.15) is 56.0 Å². The van der Waals surface area contributed by atoms with Gasteiger partial charge in [-0.3, -0.25) is 0 Å². The minimum Gasteiger partial charge on any atom is -0.508 e. The molecule has 0 fully saturated rings. The maximum atomic E-state index is 10.9. The molecular formula is C16H24O5. The lowest BCUT2D eigenvalue weighted by molar-refractivity contribution is -0.0157. The smallest absolute Gasteiger partial charge is 0.335 e. The Morgan fingerprint density at radius 2 is 1.86 bits per heavy atom. The summed E-state index contributed by atoms with van der Waals surface area (Å²) >= 11 is 0. The lowest BCUT2D eigenvalue weighted by Gasteiger charge is -2.30. The molecule has 3 N–H and O–H groups in total. The number of aromatic carboxylic acids is 1. The van der Waals surface area contributed by atoms with Crippen LogP contribution >= 0.6 is 0 Å². The second-order valence-electron chi connectivity index (χ2n) is 6.14. The van der Waals surface area contributed by atoms with E-state index in [-0.39, 0.29) is 11.3 Å². The van der Waals surface area contributed by atoms with Gasteiger partial charge in [-0.15, -0.1) is 0 Å². The number of carboxylic acid groups (broad SMARTS) is 1. The first-order valence-electron chi connectivity index (χ1n) is 6.93. The van der Waals surface area contributed by atoms with Crippen molar-refractivity contribution < 1.29 is 24.9 Å². The molecule has 0 aliphatic rings. The Morgan fingerprint density at radius 3 is 2.29 bits per heavy atom. The van der Waals surface area contributed by atoms with Gasteiger partial charge in [-0.05, 0) is 52.2 Å². The van der Waals surface area contributed by atoms with E-state index in [0.29, 0.717) is 24.8 Å². The largest absolute Gasteiger partial charge is 0.508 e. The molecule has 0 aliphatic carbocycles. The molecule has 1 aromatic rings. The predicted molar refractivity (Wildman–Crippen MR) is 79.6 cm³/mol. The van der Waals surface area contributed by atoms with Gasteiger partial charge in [0.05, 0.1) is 16.8 Å². The molecule has 5 heteroatoms. The Hall–Kier alpha value is -1.59. The molecule has 1 aromatic carbocycles. The first kappa shape index (κ1) is 17.5. The normalized spacial score (nSPS) is 14.7. The number of rotatable bonds is 7. The molecule has 0 spiro atoms. The minimum absolute atomic E-state index is 0.0335. The second-order valence-corrected chi connectivity index (χ2v) is 6.14. The van der Waals surface area contributed by atoms with Crippen molar-refractivity contribution in [2.45, 2.75) is 51.2 Å². The summed E-state index contributed by atoms with van der Waals surface area (Å²) in [7, 11) is 1.55. The van der Waals surface area contributed by atoms with Gasteiger partial charge in [-0.25, -0.2) is 4.79 Å². The van der Waals surface area contributed by atoms with Gasteiger partial charge in [0, 0.05) is 12.7 Å². The molecule has 0 heterocycles. The second kappa shape index (κ2) is 6.45. The van der Waals surface area contributed by atoms with Crippen molar-refractivity contribution in [2.75, 3.05) is 7.11 Å². The molecule has 1 atom stereocenters. The summed E-state index contributed by atoms with van der Waals surface area (Å²) in [6.45, 7) is 5.33. The molecular weight excluding hydrogens is 272 g/mol. The number of methoxy groups -OCH3 is 1. The molecule has 21 heavy (non-hydrogen) atoms. The predicted octanol–water partition coefficient (Wildman–Crippen LogP) is 2.89. The third-order valence-corrected chi connectivity index (χ3v) is 3.71. The highest BCUT2D eigenvalue weighted by molar-refractivity contribution is 5.88. The zero-order chi connectivity index (χ0) is 16.3. The average Bonchev–Trinajstić information content (AvgIpc) is 2.36. The van der Waals surface area contributed by atoms with Crippen LogP contribution < -0.4 is 0 Å². The van der Waals surface area contributed by atoms with Crippen molar-refractivity contribution in [3.8, 4) is 5.75 Å². The number of ether oxygens (including phenoxy) is 1. The lowest BCUT2D eigenvalue weighted by Crippen LogP contribution is -2.26. The molecule has 0 aliphatic heterocycles. The van der Waals surface area contributed by atoms with Crippen molar-refractivity contribution in [2.24, 2.45) is 0 Å². The van der Waals surface area contributed by atoms with Gasteiger partial charge in [0.25, 0.3) is 0 Å². The number of hydrogen-bond acceptors (Lipinski definition) is 4. The monoisotopic (exact) mass is 296 g/mol. The maximum absolute atomic E-state index is 10.9. The topological polar surface area (TPSA) is 87.0 Å². The van der Waals surface area contributed by atoms with Crippen molar-refractivity contribution in [1.29, 1.82) is 0 Å². The molecule has 1 rings (SSSR count). The Labute approximate surface area is 125 Å². The van der Waals surface area contributed by atoms with Gasteiger partial charge in [0.1, 0.15) is 5.75 Å². The Bertz CT molecular complexity index is 504. The number of carboxylic acids is 1. The molecule has 0 saturated carbocycles. The SMILES string of the molecule is COC(C)(CCCC(C)(C)O)c1ccc(C(=O)O)cc1O. The molecule has 0 bridgehead atoms. The summed E-state index contributed by atoms with van der Waals surface area (Å²) in [6.07, 6.45) is 1.93. The van der Waals surface area contributed by atoms with Crippen LogP contribution in [0.3, 0.4) is 0 Å². The van der Waals surface area contributed by atoms with E-state index in [4.69, 9.17) is 9.84 Å². The third-order valence-electron chi connectivity index (χ3n) is 3.71. The number of benzene rings is 1. The fourth-order valence-corrected chi connectivity index (χ4v) is 2.32. The first-order chi connectivity index (χ1) is 9.59. The van der Waals surface area contributed by atoms with E-state index in [1.54, 1.807) is 27.0 Å². The quantitative estimate of drug-likeness (QED) is 0.720. The number of phenolic OH excluding ortho intramolecular Hbond substituents is 1. The highest BCUT2D eigenvalue weighted by Crippen LogP contribution is 2.37. The van der Waals surface area contributed by atoms with Gasteiger partial charge >= 0.3 is 5.97 Å². The molecule has 0 saturated heterocycles. The van der Waals surface area contributed by atoms with Crippen molar-refractivity contribution in [1.82, 2.24) is 0 Å². The third kappa shape index (κ3) is 4.72. The van der Waals surface area contributed by atoms with E-state index in [2.05, 4.69) is 0 Å². The molecule has 0 radical (unpaired) electrons. The van der Waals surface area contributed by atoms with Gasteiger partial charge < -0.3 is 20.1 Å². The van der Waals surface area contributed by atoms with E-state index in [9.17, 15) is 15.0 Å². The lowest BCUT2D eigenvalue weighted by atomic mass is 9.87. The zero-order valence-electron chi connectivity index (χ0n) is 13.0. The molecule has 0 amide bonds. The van der Waals surface area contributed by atoms with Crippen LogP contribution in [-0.4, -0.2) is 34.0 Å². The summed E-state index contributed by atoms with van der Waals surface area (Å²) in [6, 6.07) is 4.25.